The Morgan fingerprint density at radius 1 is 1.33 bits per heavy atom. The predicted molar refractivity (Wildman–Crippen MR) is 85.0 cm³/mol. The molecule has 0 spiro atoms. The summed E-state index contributed by atoms with van der Waals surface area (Å²) in [6.07, 6.45) is -0.473. The van der Waals surface area contributed by atoms with E-state index in [1.165, 1.54) is 0 Å². The molecule has 1 aliphatic heterocycles. The fraction of sp³-hybridized carbons (Fsp3) is 0.562. The van der Waals surface area contributed by atoms with Crippen LogP contribution in [0.25, 0.3) is 0 Å². The van der Waals surface area contributed by atoms with Crippen LogP contribution in [-0.4, -0.2) is 54.5 Å². The number of aryl methyl sites for hydroxylation is 1. The van der Waals surface area contributed by atoms with Gasteiger partial charge >= 0.3 is 0 Å². The van der Waals surface area contributed by atoms with E-state index in [4.69, 9.17) is 16.3 Å². The smallest absolute Gasteiger partial charge is 0.263 e. The van der Waals surface area contributed by atoms with Crippen molar-refractivity contribution in [1.82, 2.24) is 9.80 Å². The standard InChI is InChI=1S/C16H23ClN2O2/c1-4-18-7-9-19(10-8-18)16(20)13(3)21-14-5-6-15(17)12(2)11-14/h5-6,11,13H,4,7-10H2,1-3H3. The van der Waals surface area contributed by atoms with Crippen molar-refractivity contribution in [1.29, 1.82) is 0 Å². The predicted octanol–water partition coefficient (Wildman–Crippen LogP) is 2.58. The van der Waals surface area contributed by atoms with Crippen molar-refractivity contribution in [3.63, 3.8) is 0 Å². The molecule has 1 aliphatic rings. The molecule has 0 radical (unpaired) electrons. The fourth-order valence-electron chi connectivity index (χ4n) is 2.49. The van der Waals surface area contributed by atoms with Gasteiger partial charge in [0, 0.05) is 31.2 Å². The Hall–Kier alpha value is -1.26. The second-order valence-corrected chi connectivity index (χ2v) is 5.84. The number of hydrogen-bond acceptors (Lipinski definition) is 3. The molecule has 0 bridgehead atoms. The van der Waals surface area contributed by atoms with E-state index >= 15 is 0 Å². The lowest BCUT2D eigenvalue weighted by Crippen LogP contribution is -2.51. The molecule has 0 N–H and O–H groups in total. The van der Waals surface area contributed by atoms with Crippen molar-refractivity contribution in [2.24, 2.45) is 0 Å². The maximum atomic E-state index is 12.4. The molecule has 1 fully saturated rings. The van der Waals surface area contributed by atoms with E-state index in [1.807, 2.05) is 17.9 Å². The van der Waals surface area contributed by atoms with E-state index in [0.717, 1.165) is 38.3 Å². The molecule has 4 nitrogen and oxygen atoms in total. The van der Waals surface area contributed by atoms with Crippen molar-refractivity contribution >= 4 is 17.5 Å². The van der Waals surface area contributed by atoms with Crippen LogP contribution >= 0.6 is 11.6 Å². The summed E-state index contributed by atoms with van der Waals surface area (Å²) in [5.74, 6) is 0.739. The van der Waals surface area contributed by atoms with Gasteiger partial charge in [0.05, 0.1) is 0 Å². The molecule has 1 amide bonds. The number of likely N-dealkylation sites (N-methyl/N-ethyl adjacent to an activating group) is 1. The lowest BCUT2D eigenvalue weighted by atomic mass is 10.2. The fourth-order valence-corrected chi connectivity index (χ4v) is 2.60. The number of nitrogens with zero attached hydrogens (tertiary/aromatic N) is 2. The largest absolute Gasteiger partial charge is 0.481 e. The Balaban J connectivity index is 1.92. The van der Waals surface area contributed by atoms with E-state index in [2.05, 4.69) is 11.8 Å². The summed E-state index contributed by atoms with van der Waals surface area (Å²) in [5.41, 5.74) is 0.949. The van der Waals surface area contributed by atoms with Crippen LogP contribution in [0.4, 0.5) is 0 Å². The topological polar surface area (TPSA) is 32.8 Å². The van der Waals surface area contributed by atoms with E-state index in [-0.39, 0.29) is 5.91 Å². The molecule has 0 saturated carbocycles. The number of rotatable bonds is 4. The second kappa shape index (κ2) is 7.14. The van der Waals surface area contributed by atoms with Crippen LogP contribution in [0.15, 0.2) is 18.2 Å². The van der Waals surface area contributed by atoms with Crippen LogP contribution in [0.2, 0.25) is 5.02 Å². The molecule has 2 rings (SSSR count). The molecule has 5 heteroatoms. The number of halogens is 1. The Morgan fingerprint density at radius 3 is 2.57 bits per heavy atom. The highest BCUT2D eigenvalue weighted by atomic mass is 35.5. The lowest BCUT2D eigenvalue weighted by Gasteiger charge is -2.35. The molecule has 21 heavy (non-hydrogen) atoms. The monoisotopic (exact) mass is 310 g/mol. The Kier molecular flexibility index (Phi) is 5.48. The second-order valence-electron chi connectivity index (χ2n) is 5.43. The molecule has 1 aromatic carbocycles. The van der Waals surface area contributed by atoms with Gasteiger partial charge in [-0.2, -0.15) is 0 Å². The Morgan fingerprint density at radius 2 is 2.00 bits per heavy atom. The zero-order valence-corrected chi connectivity index (χ0v) is 13.7. The minimum Gasteiger partial charge on any atom is -0.481 e. The van der Waals surface area contributed by atoms with Gasteiger partial charge in [0.2, 0.25) is 0 Å². The average molecular weight is 311 g/mol. The van der Waals surface area contributed by atoms with Crippen LogP contribution in [0, 0.1) is 6.92 Å². The summed E-state index contributed by atoms with van der Waals surface area (Å²) in [7, 11) is 0. The highest BCUT2D eigenvalue weighted by Gasteiger charge is 2.25. The summed E-state index contributed by atoms with van der Waals surface area (Å²) < 4.78 is 5.75. The van der Waals surface area contributed by atoms with Crippen LogP contribution in [-0.2, 0) is 4.79 Å². The molecule has 1 unspecified atom stereocenters. The number of piperazine rings is 1. The van der Waals surface area contributed by atoms with Crippen molar-refractivity contribution in [3.05, 3.63) is 28.8 Å². The lowest BCUT2D eigenvalue weighted by molar-refractivity contribution is -0.139. The Labute approximate surface area is 131 Å². The van der Waals surface area contributed by atoms with Gasteiger partial charge in [-0.15, -0.1) is 0 Å². The third kappa shape index (κ3) is 4.11. The van der Waals surface area contributed by atoms with Gasteiger partial charge in [0.1, 0.15) is 5.75 Å². The third-order valence-electron chi connectivity index (χ3n) is 3.92. The summed E-state index contributed by atoms with van der Waals surface area (Å²) in [6, 6.07) is 5.46. The maximum absolute atomic E-state index is 12.4. The normalized spacial score (nSPS) is 17.6. The highest BCUT2D eigenvalue weighted by Crippen LogP contribution is 2.22. The minimum absolute atomic E-state index is 0.0540. The molecule has 1 atom stereocenters. The van der Waals surface area contributed by atoms with E-state index in [9.17, 15) is 4.79 Å². The summed E-state index contributed by atoms with van der Waals surface area (Å²) in [6.45, 7) is 10.3. The summed E-state index contributed by atoms with van der Waals surface area (Å²) in [5, 5.41) is 0.706. The van der Waals surface area contributed by atoms with Crippen molar-refractivity contribution in [3.8, 4) is 5.75 Å². The van der Waals surface area contributed by atoms with Gasteiger partial charge in [-0.1, -0.05) is 18.5 Å². The van der Waals surface area contributed by atoms with Gasteiger partial charge < -0.3 is 14.5 Å². The summed E-state index contributed by atoms with van der Waals surface area (Å²) in [4.78, 5) is 16.6. The Bertz CT molecular complexity index is 499. The molecular formula is C16H23ClN2O2. The first-order valence-corrected chi connectivity index (χ1v) is 7.83. The van der Waals surface area contributed by atoms with E-state index in [0.29, 0.717) is 10.8 Å². The third-order valence-corrected chi connectivity index (χ3v) is 4.35. The van der Waals surface area contributed by atoms with Crippen LogP contribution in [0.1, 0.15) is 19.4 Å². The van der Waals surface area contributed by atoms with Crippen molar-refractivity contribution < 1.29 is 9.53 Å². The van der Waals surface area contributed by atoms with E-state index < -0.39 is 6.10 Å². The number of carbonyl (C=O) groups excluding carboxylic acids is 1. The molecule has 0 aliphatic carbocycles. The van der Waals surface area contributed by atoms with Gasteiger partial charge in [-0.3, -0.25) is 4.79 Å². The molecule has 0 aromatic heterocycles. The van der Waals surface area contributed by atoms with Crippen molar-refractivity contribution in [2.45, 2.75) is 26.9 Å². The highest BCUT2D eigenvalue weighted by molar-refractivity contribution is 6.31. The van der Waals surface area contributed by atoms with Crippen molar-refractivity contribution in [2.75, 3.05) is 32.7 Å². The number of amides is 1. The molecule has 1 heterocycles. The number of benzene rings is 1. The maximum Gasteiger partial charge on any atom is 0.263 e. The van der Waals surface area contributed by atoms with Gasteiger partial charge in [-0.25, -0.2) is 0 Å². The number of carbonyl (C=O) groups is 1. The summed E-state index contributed by atoms with van der Waals surface area (Å²) >= 11 is 5.99. The molecular weight excluding hydrogens is 288 g/mol. The van der Waals surface area contributed by atoms with Gasteiger partial charge in [0.15, 0.2) is 6.10 Å². The first kappa shape index (κ1) is 16.1. The molecule has 1 saturated heterocycles. The molecule has 116 valence electrons. The quantitative estimate of drug-likeness (QED) is 0.857. The average Bonchev–Trinajstić information content (AvgIpc) is 2.50. The van der Waals surface area contributed by atoms with Gasteiger partial charge in [-0.05, 0) is 44.2 Å². The van der Waals surface area contributed by atoms with Gasteiger partial charge in [0.25, 0.3) is 5.91 Å². The minimum atomic E-state index is -0.473. The zero-order valence-electron chi connectivity index (χ0n) is 12.9. The first-order chi connectivity index (χ1) is 10.0. The van der Waals surface area contributed by atoms with E-state index in [1.54, 1.807) is 19.1 Å². The SMILES string of the molecule is CCN1CCN(C(=O)C(C)Oc2ccc(Cl)c(C)c2)CC1. The zero-order chi connectivity index (χ0) is 15.4. The van der Waals surface area contributed by atoms with Crippen LogP contribution in [0.5, 0.6) is 5.75 Å². The molecule has 1 aromatic rings. The number of hydrogen-bond donors (Lipinski definition) is 0. The van der Waals surface area contributed by atoms with Crippen LogP contribution < -0.4 is 4.74 Å². The number of ether oxygens (including phenoxy) is 1. The first-order valence-electron chi connectivity index (χ1n) is 7.45. The van der Waals surface area contributed by atoms with Crippen LogP contribution in [0.3, 0.4) is 0 Å².